The van der Waals surface area contributed by atoms with Gasteiger partial charge in [-0.2, -0.15) is 16.3 Å². The zero-order valence-electron chi connectivity index (χ0n) is 11.9. The third kappa shape index (κ3) is 2.76. The summed E-state index contributed by atoms with van der Waals surface area (Å²) in [6.45, 7) is 2.16. The first-order chi connectivity index (χ1) is 10.2. The lowest BCUT2D eigenvalue weighted by Gasteiger charge is -2.16. The highest BCUT2D eigenvalue weighted by Gasteiger charge is 2.17. The summed E-state index contributed by atoms with van der Waals surface area (Å²) >= 11 is 7.77. The highest BCUT2D eigenvalue weighted by atomic mass is 35.5. The summed E-state index contributed by atoms with van der Waals surface area (Å²) in [6, 6.07) is 6.12. The molecule has 0 aromatic carbocycles. The Labute approximate surface area is 132 Å². The van der Waals surface area contributed by atoms with Crippen LogP contribution in [0.4, 0.5) is 0 Å². The second-order valence-corrected chi connectivity index (χ2v) is 5.96. The molecule has 0 saturated carbocycles. The number of nitrogens with zero attached hydrogens (tertiary/aromatic N) is 3. The number of aromatic nitrogens is 3. The predicted molar refractivity (Wildman–Crippen MR) is 86.4 cm³/mol. The van der Waals surface area contributed by atoms with Gasteiger partial charge in [-0.05, 0) is 41.8 Å². The summed E-state index contributed by atoms with van der Waals surface area (Å²) < 4.78 is 7.34. The van der Waals surface area contributed by atoms with E-state index in [0.717, 1.165) is 23.4 Å². The Morgan fingerprint density at radius 3 is 2.86 bits per heavy atom. The average molecular weight is 322 g/mol. The number of ether oxygens (including phenoxy) is 1. The molecule has 0 aliphatic heterocycles. The fraction of sp³-hybridized carbons (Fsp3) is 0.333. The van der Waals surface area contributed by atoms with Crippen LogP contribution < -0.4 is 4.74 Å². The molecule has 1 atom stereocenters. The number of hydrogen-bond donors (Lipinski definition) is 0. The number of alkyl halides is 1. The van der Waals surface area contributed by atoms with Gasteiger partial charge in [0.15, 0.2) is 5.65 Å². The Balaban J connectivity index is 2.05. The van der Waals surface area contributed by atoms with Gasteiger partial charge in [0.25, 0.3) is 0 Å². The van der Waals surface area contributed by atoms with Gasteiger partial charge in [-0.3, -0.25) is 0 Å². The van der Waals surface area contributed by atoms with Gasteiger partial charge in [-0.15, -0.1) is 11.6 Å². The lowest BCUT2D eigenvalue weighted by molar-refractivity contribution is 0.398. The first-order valence-corrected chi connectivity index (χ1v) is 8.19. The average Bonchev–Trinajstić information content (AvgIpc) is 3.12. The third-order valence-electron chi connectivity index (χ3n) is 3.47. The summed E-state index contributed by atoms with van der Waals surface area (Å²) in [5.41, 5.74) is 2.99. The van der Waals surface area contributed by atoms with Crippen molar-refractivity contribution in [1.29, 1.82) is 0 Å². The molecule has 3 heterocycles. The first-order valence-electron chi connectivity index (χ1n) is 6.71. The largest absolute Gasteiger partial charge is 0.481 e. The molecule has 0 fully saturated rings. The summed E-state index contributed by atoms with van der Waals surface area (Å²) in [7, 11) is 1.62. The van der Waals surface area contributed by atoms with Crippen molar-refractivity contribution >= 4 is 34.1 Å². The molecule has 110 valence electrons. The number of halogens is 1. The molecule has 0 bridgehead atoms. The molecule has 1 unspecified atom stereocenters. The van der Waals surface area contributed by atoms with Gasteiger partial charge in [-0.1, -0.05) is 0 Å². The Bertz CT molecular complexity index is 739. The Morgan fingerprint density at radius 2 is 2.19 bits per heavy atom. The minimum absolute atomic E-state index is 0.234. The minimum atomic E-state index is 0.234. The van der Waals surface area contributed by atoms with Crippen LogP contribution in [0.3, 0.4) is 0 Å². The number of rotatable bonds is 5. The van der Waals surface area contributed by atoms with Gasteiger partial charge >= 0.3 is 0 Å². The van der Waals surface area contributed by atoms with E-state index in [1.165, 1.54) is 5.56 Å². The number of imidazole rings is 1. The van der Waals surface area contributed by atoms with E-state index in [0.29, 0.717) is 11.8 Å². The van der Waals surface area contributed by atoms with E-state index >= 15 is 0 Å². The smallest absolute Gasteiger partial charge is 0.215 e. The maximum atomic E-state index is 6.06. The summed E-state index contributed by atoms with van der Waals surface area (Å²) in [6.07, 6.45) is 0.928. The van der Waals surface area contributed by atoms with Crippen LogP contribution in [0.5, 0.6) is 5.88 Å². The van der Waals surface area contributed by atoms with E-state index in [1.54, 1.807) is 18.4 Å². The maximum Gasteiger partial charge on any atom is 0.215 e. The maximum absolute atomic E-state index is 6.06. The monoisotopic (exact) mass is 321 g/mol. The standard InChI is InChI=1S/C15H16ClN3OS/c1-10(7-11-5-6-21-9-11)19-13(8-16)17-12-3-4-14(20-2)18-15(12)19/h3-6,9-10H,7-8H2,1-2H3. The van der Waals surface area contributed by atoms with E-state index < -0.39 is 0 Å². The highest BCUT2D eigenvalue weighted by molar-refractivity contribution is 7.07. The van der Waals surface area contributed by atoms with Crippen LogP contribution >= 0.6 is 22.9 Å². The van der Waals surface area contributed by atoms with Gasteiger partial charge < -0.3 is 9.30 Å². The van der Waals surface area contributed by atoms with Crippen molar-refractivity contribution in [3.8, 4) is 5.88 Å². The van der Waals surface area contributed by atoms with E-state index in [2.05, 4.69) is 38.3 Å². The van der Waals surface area contributed by atoms with Gasteiger partial charge in [0.1, 0.15) is 11.3 Å². The van der Waals surface area contributed by atoms with Crippen molar-refractivity contribution in [1.82, 2.24) is 14.5 Å². The molecule has 0 amide bonds. The molecular weight excluding hydrogens is 306 g/mol. The van der Waals surface area contributed by atoms with Gasteiger partial charge in [0.2, 0.25) is 5.88 Å². The van der Waals surface area contributed by atoms with Crippen molar-refractivity contribution in [2.45, 2.75) is 25.3 Å². The van der Waals surface area contributed by atoms with Crippen LogP contribution in [0.1, 0.15) is 24.4 Å². The number of hydrogen-bond acceptors (Lipinski definition) is 4. The van der Waals surface area contributed by atoms with Gasteiger partial charge in [-0.25, -0.2) is 4.98 Å². The van der Waals surface area contributed by atoms with E-state index in [-0.39, 0.29) is 6.04 Å². The molecule has 0 spiro atoms. The lowest BCUT2D eigenvalue weighted by Crippen LogP contribution is -2.11. The molecule has 0 radical (unpaired) electrons. The normalized spacial score (nSPS) is 12.7. The summed E-state index contributed by atoms with van der Waals surface area (Å²) in [4.78, 5) is 9.11. The van der Waals surface area contributed by atoms with Crippen LogP contribution in [-0.2, 0) is 12.3 Å². The van der Waals surface area contributed by atoms with Crippen molar-refractivity contribution in [3.05, 3.63) is 40.3 Å². The van der Waals surface area contributed by atoms with Crippen LogP contribution in [0, 0.1) is 0 Å². The SMILES string of the molecule is COc1ccc2nc(CCl)n(C(C)Cc3ccsc3)c2n1. The fourth-order valence-corrected chi connectivity index (χ4v) is 3.39. The highest BCUT2D eigenvalue weighted by Crippen LogP contribution is 2.25. The molecule has 3 aromatic rings. The fourth-order valence-electron chi connectivity index (χ4n) is 2.52. The number of fused-ring (bicyclic) bond motifs is 1. The third-order valence-corrected chi connectivity index (χ3v) is 4.44. The molecule has 3 aromatic heterocycles. The Morgan fingerprint density at radius 1 is 1.33 bits per heavy atom. The van der Waals surface area contributed by atoms with E-state index in [4.69, 9.17) is 16.3 Å². The first kappa shape index (κ1) is 14.4. The predicted octanol–water partition coefficient (Wildman–Crippen LogP) is 4.04. The molecule has 4 nitrogen and oxygen atoms in total. The second-order valence-electron chi connectivity index (χ2n) is 4.91. The summed E-state index contributed by atoms with van der Waals surface area (Å²) in [5.74, 6) is 1.80. The van der Waals surface area contributed by atoms with E-state index in [1.807, 2.05) is 12.1 Å². The second kappa shape index (κ2) is 6.03. The van der Waals surface area contributed by atoms with Crippen LogP contribution in [0.25, 0.3) is 11.2 Å². The van der Waals surface area contributed by atoms with Crippen molar-refractivity contribution in [2.75, 3.05) is 7.11 Å². The van der Waals surface area contributed by atoms with Crippen LogP contribution in [-0.4, -0.2) is 21.6 Å². The quantitative estimate of drug-likeness (QED) is 0.666. The topological polar surface area (TPSA) is 39.9 Å². The molecule has 0 aliphatic carbocycles. The van der Waals surface area contributed by atoms with Gasteiger partial charge in [0, 0.05) is 12.1 Å². The Hall–Kier alpha value is -1.59. The molecule has 0 saturated heterocycles. The zero-order valence-corrected chi connectivity index (χ0v) is 13.5. The van der Waals surface area contributed by atoms with Crippen LogP contribution in [0.2, 0.25) is 0 Å². The molecule has 6 heteroatoms. The number of methoxy groups -OCH3 is 1. The molecule has 0 N–H and O–H groups in total. The van der Waals surface area contributed by atoms with Crippen LogP contribution in [0.15, 0.2) is 29.0 Å². The molecule has 21 heavy (non-hydrogen) atoms. The van der Waals surface area contributed by atoms with Crippen molar-refractivity contribution in [2.24, 2.45) is 0 Å². The van der Waals surface area contributed by atoms with Crippen molar-refractivity contribution < 1.29 is 4.74 Å². The Kier molecular flexibility index (Phi) is 4.12. The van der Waals surface area contributed by atoms with E-state index in [9.17, 15) is 0 Å². The van der Waals surface area contributed by atoms with Gasteiger partial charge in [0.05, 0.1) is 13.0 Å². The molecule has 3 rings (SSSR count). The summed E-state index contributed by atoms with van der Waals surface area (Å²) in [5, 5.41) is 4.27. The van der Waals surface area contributed by atoms with Crippen molar-refractivity contribution in [3.63, 3.8) is 0 Å². The number of pyridine rings is 1. The molecular formula is C15H16ClN3OS. The lowest BCUT2D eigenvalue weighted by atomic mass is 10.1. The number of thiophene rings is 1. The molecule has 0 aliphatic rings. The zero-order chi connectivity index (χ0) is 14.8. The minimum Gasteiger partial charge on any atom is -0.481 e.